The minimum Gasteiger partial charge on any atom is -0.331 e. The predicted octanol–water partition coefficient (Wildman–Crippen LogP) is 3.09. The highest BCUT2D eigenvalue weighted by Crippen LogP contribution is 2.14. The summed E-state index contributed by atoms with van der Waals surface area (Å²) in [5.41, 5.74) is 2.77. The first-order chi connectivity index (χ1) is 11.1. The highest BCUT2D eigenvalue weighted by molar-refractivity contribution is 5.22. The van der Waals surface area contributed by atoms with Crippen molar-refractivity contribution >= 4 is 0 Å². The monoisotopic (exact) mass is 312 g/mol. The zero-order valence-electron chi connectivity index (χ0n) is 14.6. The second kappa shape index (κ2) is 7.28. The van der Waals surface area contributed by atoms with Crippen molar-refractivity contribution in [3.05, 3.63) is 53.6 Å². The van der Waals surface area contributed by atoms with Crippen molar-refractivity contribution in [3.8, 4) is 0 Å². The molecule has 0 atom stereocenters. The molecule has 0 saturated carbocycles. The second-order valence-electron chi connectivity index (χ2n) is 6.89. The van der Waals surface area contributed by atoms with E-state index < -0.39 is 0 Å². The number of nitrogens with zero attached hydrogens (tertiary/aromatic N) is 4. The van der Waals surface area contributed by atoms with Gasteiger partial charge in [-0.25, -0.2) is 4.98 Å². The molecule has 1 aromatic carbocycles. The van der Waals surface area contributed by atoms with Crippen LogP contribution in [0.3, 0.4) is 0 Å². The summed E-state index contributed by atoms with van der Waals surface area (Å²) in [6.45, 7) is 13.1. The average Bonchev–Trinajstić information content (AvgIpc) is 2.98. The van der Waals surface area contributed by atoms with E-state index in [0.29, 0.717) is 6.04 Å². The third-order valence-corrected chi connectivity index (χ3v) is 4.62. The first-order valence-corrected chi connectivity index (χ1v) is 8.64. The maximum atomic E-state index is 4.54. The molecule has 4 heteroatoms. The molecule has 1 aliphatic heterocycles. The normalized spacial score (nSPS) is 17.0. The summed E-state index contributed by atoms with van der Waals surface area (Å²) in [4.78, 5) is 9.61. The van der Waals surface area contributed by atoms with Crippen LogP contribution >= 0.6 is 0 Å². The number of aromatic nitrogens is 2. The van der Waals surface area contributed by atoms with E-state index in [4.69, 9.17) is 0 Å². The Morgan fingerprint density at radius 1 is 1.04 bits per heavy atom. The Morgan fingerprint density at radius 3 is 2.39 bits per heavy atom. The fourth-order valence-corrected chi connectivity index (χ4v) is 3.31. The van der Waals surface area contributed by atoms with Crippen LogP contribution < -0.4 is 0 Å². The minimum atomic E-state index is 0.482. The molecule has 2 heterocycles. The van der Waals surface area contributed by atoms with E-state index in [9.17, 15) is 0 Å². The summed E-state index contributed by atoms with van der Waals surface area (Å²) in [7, 11) is 0. The molecule has 1 saturated heterocycles. The first kappa shape index (κ1) is 16.2. The maximum absolute atomic E-state index is 4.54. The SMILES string of the molecule is Cc1cccc(CN2CCN(Cc3nccn3C(C)C)CC2)c1. The molecule has 0 spiro atoms. The zero-order valence-corrected chi connectivity index (χ0v) is 14.6. The van der Waals surface area contributed by atoms with Gasteiger partial charge in [0.2, 0.25) is 0 Å². The maximum Gasteiger partial charge on any atom is 0.123 e. The number of aryl methyl sites for hydroxylation is 1. The Balaban J connectivity index is 1.51. The van der Waals surface area contributed by atoms with Gasteiger partial charge in [-0.2, -0.15) is 0 Å². The third kappa shape index (κ3) is 4.21. The molecule has 0 unspecified atom stereocenters. The van der Waals surface area contributed by atoms with Crippen LogP contribution in [0.4, 0.5) is 0 Å². The van der Waals surface area contributed by atoms with Gasteiger partial charge in [0.05, 0.1) is 6.54 Å². The summed E-state index contributed by atoms with van der Waals surface area (Å²) in [6, 6.07) is 9.34. The second-order valence-corrected chi connectivity index (χ2v) is 6.89. The minimum absolute atomic E-state index is 0.482. The summed E-state index contributed by atoms with van der Waals surface area (Å²) in [5, 5.41) is 0. The number of hydrogen-bond acceptors (Lipinski definition) is 3. The van der Waals surface area contributed by atoms with Crippen LogP contribution in [0.25, 0.3) is 0 Å². The van der Waals surface area contributed by atoms with Crippen LogP contribution in [-0.4, -0.2) is 45.5 Å². The van der Waals surface area contributed by atoms with Crippen LogP contribution in [0.2, 0.25) is 0 Å². The lowest BCUT2D eigenvalue weighted by Crippen LogP contribution is -2.45. The van der Waals surface area contributed by atoms with Crippen LogP contribution in [0.1, 0.15) is 36.8 Å². The predicted molar refractivity (Wildman–Crippen MR) is 94.3 cm³/mol. The summed E-state index contributed by atoms with van der Waals surface area (Å²) < 4.78 is 2.28. The molecule has 2 aromatic rings. The van der Waals surface area contributed by atoms with E-state index in [-0.39, 0.29) is 0 Å². The number of hydrogen-bond donors (Lipinski definition) is 0. The molecule has 0 aliphatic carbocycles. The van der Waals surface area contributed by atoms with Gasteiger partial charge in [-0.1, -0.05) is 29.8 Å². The molecule has 0 bridgehead atoms. The van der Waals surface area contributed by atoms with Crippen LogP contribution in [0.5, 0.6) is 0 Å². The largest absolute Gasteiger partial charge is 0.331 e. The quantitative estimate of drug-likeness (QED) is 0.848. The fraction of sp³-hybridized carbons (Fsp3) is 0.526. The van der Waals surface area contributed by atoms with E-state index in [2.05, 4.69) is 70.6 Å². The van der Waals surface area contributed by atoms with Crippen LogP contribution in [0.15, 0.2) is 36.7 Å². The van der Waals surface area contributed by atoms with Crippen molar-refractivity contribution in [1.29, 1.82) is 0 Å². The topological polar surface area (TPSA) is 24.3 Å². The summed E-state index contributed by atoms with van der Waals surface area (Å²) in [5.74, 6) is 1.19. The smallest absolute Gasteiger partial charge is 0.123 e. The zero-order chi connectivity index (χ0) is 16.2. The molecule has 0 N–H and O–H groups in total. The molecule has 1 aliphatic rings. The lowest BCUT2D eigenvalue weighted by molar-refractivity contribution is 0.118. The number of piperazine rings is 1. The molecular weight excluding hydrogens is 284 g/mol. The van der Waals surface area contributed by atoms with Gasteiger partial charge in [0.15, 0.2) is 0 Å². The third-order valence-electron chi connectivity index (χ3n) is 4.62. The molecule has 1 fully saturated rings. The summed E-state index contributed by atoms with van der Waals surface area (Å²) >= 11 is 0. The Labute approximate surface area is 139 Å². The van der Waals surface area contributed by atoms with Crippen molar-refractivity contribution in [2.75, 3.05) is 26.2 Å². The average molecular weight is 312 g/mol. The first-order valence-electron chi connectivity index (χ1n) is 8.64. The highest BCUT2D eigenvalue weighted by atomic mass is 15.3. The van der Waals surface area contributed by atoms with Gasteiger partial charge in [-0.15, -0.1) is 0 Å². The Bertz CT molecular complexity index is 624. The number of imidazole rings is 1. The molecular formula is C19H28N4. The van der Waals surface area contributed by atoms with E-state index >= 15 is 0 Å². The molecule has 23 heavy (non-hydrogen) atoms. The molecule has 0 amide bonds. The van der Waals surface area contributed by atoms with Crippen molar-refractivity contribution < 1.29 is 0 Å². The van der Waals surface area contributed by atoms with E-state index in [1.54, 1.807) is 0 Å². The standard InChI is InChI=1S/C19H28N4/c1-16(2)23-8-7-20-19(23)15-22-11-9-21(10-12-22)14-18-6-4-5-17(3)13-18/h4-8,13,16H,9-12,14-15H2,1-3H3. The Morgan fingerprint density at radius 2 is 1.74 bits per heavy atom. The molecule has 1 aromatic heterocycles. The van der Waals surface area contributed by atoms with Gasteiger partial charge in [0.1, 0.15) is 5.82 Å². The van der Waals surface area contributed by atoms with Gasteiger partial charge in [-0.05, 0) is 26.3 Å². The number of benzene rings is 1. The molecule has 3 rings (SSSR count). The fourth-order valence-electron chi connectivity index (χ4n) is 3.31. The van der Waals surface area contributed by atoms with Gasteiger partial charge in [0.25, 0.3) is 0 Å². The lowest BCUT2D eigenvalue weighted by Gasteiger charge is -2.34. The lowest BCUT2D eigenvalue weighted by atomic mass is 10.1. The van der Waals surface area contributed by atoms with Gasteiger partial charge < -0.3 is 4.57 Å². The van der Waals surface area contributed by atoms with E-state index in [1.807, 2.05) is 6.20 Å². The van der Waals surface area contributed by atoms with Gasteiger partial charge in [0, 0.05) is 51.2 Å². The highest BCUT2D eigenvalue weighted by Gasteiger charge is 2.19. The Kier molecular flexibility index (Phi) is 5.13. The molecule has 4 nitrogen and oxygen atoms in total. The van der Waals surface area contributed by atoms with Crippen molar-refractivity contribution in [2.24, 2.45) is 0 Å². The summed E-state index contributed by atoms with van der Waals surface area (Å²) in [6.07, 6.45) is 4.01. The van der Waals surface area contributed by atoms with Crippen LogP contribution in [0, 0.1) is 6.92 Å². The van der Waals surface area contributed by atoms with E-state index in [1.165, 1.54) is 17.0 Å². The van der Waals surface area contributed by atoms with Crippen molar-refractivity contribution in [2.45, 2.75) is 39.9 Å². The Hall–Kier alpha value is -1.65. The van der Waals surface area contributed by atoms with Gasteiger partial charge in [-0.3, -0.25) is 9.80 Å². The van der Waals surface area contributed by atoms with Crippen LogP contribution in [-0.2, 0) is 13.1 Å². The van der Waals surface area contributed by atoms with Crippen molar-refractivity contribution in [1.82, 2.24) is 19.4 Å². The molecule has 124 valence electrons. The molecule has 0 radical (unpaired) electrons. The number of rotatable bonds is 5. The van der Waals surface area contributed by atoms with E-state index in [0.717, 1.165) is 39.3 Å². The van der Waals surface area contributed by atoms with Gasteiger partial charge >= 0.3 is 0 Å². The van der Waals surface area contributed by atoms with Crippen molar-refractivity contribution in [3.63, 3.8) is 0 Å².